The Balaban J connectivity index is 4.09. The highest BCUT2D eigenvalue weighted by atomic mass is 19.4. The molecule has 1 atom stereocenters. The lowest BCUT2D eigenvalue weighted by atomic mass is 9.79. The number of hydrogen-bond acceptors (Lipinski definition) is 1. The summed E-state index contributed by atoms with van der Waals surface area (Å²) < 4.78 is 35.5. The highest BCUT2D eigenvalue weighted by molar-refractivity contribution is 5.79. The Hall–Kier alpha value is -0.540. The fourth-order valence-corrected chi connectivity index (χ4v) is 0.943. The van der Waals surface area contributed by atoms with E-state index in [0.29, 0.717) is 0 Å². The first-order valence-corrected chi connectivity index (χ1v) is 4.61. The first-order valence-electron chi connectivity index (χ1n) is 4.61. The summed E-state index contributed by atoms with van der Waals surface area (Å²) in [6.07, 6.45) is -5.66. The van der Waals surface area contributed by atoms with Crippen molar-refractivity contribution in [2.75, 3.05) is 0 Å². The number of carbonyl (C=O) groups is 1. The van der Waals surface area contributed by atoms with Gasteiger partial charge >= 0.3 is 6.18 Å². The number of halogens is 3. The monoisotopic (exact) mass is 210 g/mol. The second-order valence-electron chi connectivity index (χ2n) is 4.80. The van der Waals surface area contributed by atoms with Crippen molar-refractivity contribution in [1.29, 1.82) is 0 Å². The molecule has 84 valence electrons. The van der Waals surface area contributed by atoms with E-state index in [2.05, 4.69) is 0 Å². The molecule has 0 fully saturated rings. The Morgan fingerprint density at radius 1 is 1.21 bits per heavy atom. The van der Waals surface area contributed by atoms with Crippen molar-refractivity contribution < 1.29 is 18.0 Å². The van der Waals surface area contributed by atoms with Crippen LogP contribution in [0.4, 0.5) is 13.2 Å². The molecule has 0 bridgehead atoms. The molecule has 1 nitrogen and oxygen atoms in total. The highest BCUT2D eigenvalue weighted by Gasteiger charge is 2.32. The summed E-state index contributed by atoms with van der Waals surface area (Å²) in [4.78, 5) is 11.0. The lowest BCUT2D eigenvalue weighted by Gasteiger charge is -2.26. The lowest BCUT2D eigenvalue weighted by Crippen LogP contribution is -2.23. The number of carbonyl (C=O) groups excluding carboxylic acids is 1. The first-order chi connectivity index (χ1) is 6.02. The Morgan fingerprint density at radius 3 is 1.93 bits per heavy atom. The second-order valence-corrected chi connectivity index (χ2v) is 4.80. The van der Waals surface area contributed by atoms with Crippen LogP contribution in [-0.4, -0.2) is 12.0 Å². The molecule has 0 saturated carbocycles. The molecule has 4 heteroatoms. The van der Waals surface area contributed by atoms with Gasteiger partial charge in [-0.2, -0.15) is 13.2 Å². The third-order valence-electron chi connectivity index (χ3n) is 2.41. The molecule has 0 rings (SSSR count). The van der Waals surface area contributed by atoms with Gasteiger partial charge in [-0.1, -0.05) is 27.7 Å². The minimum Gasteiger partial charge on any atom is -0.299 e. The van der Waals surface area contributed by atoms with Gasteiger partial charge in [0, 0.05) is 6.42 Å². The Morgan fingerprint density at radius 2 is 1.64 bits per heavy atom. The predicted molar refractivity (Wildman–Crippen MR) is 48.9 cm³/mol. The smallest absolute Gasteiger partial charge is 0.299 e. The highest BCUT2D eigenvalue weighted by Crippen LogP contribution is 2.30. The van der Waals surface area contributed by atoms with E-state index in [1.807, 2.05) is 20.8 Å². The maximum atomic E-state index is 11.8. The van der Waals surface area contributed by atoms with Gasteiger partial charge in [0.1, 0.15) is 12.2 Å². The average Bonchev–Trinajstić information content (AvgIpc) is 1.79. The van der Waals surface area contributed by atoms with Crippen molar-refractivity contribution in [3.8, 4) is 0 Å². The maximum Gasteiger partial charge on any atom is 0.395 e. The molecular weight excluding hydrogens is 193 g/mol. The van der Waals surface area contributed by atoms with Crippen LogP contribution in [0, 0.1) is 11.3 Å². The number of ketones is 1. The third-order valence-corrected chi connectivity index (χ3v) is 2.41. The summed E-state index contributed by atoms with van der Waals surface area (Å²) in [6.45, 7) is 7.55. The SMILES string of the molecule is CC(CC(=O)CC(F)(F)F)C(C)(C)C. The summed E-state index contributed by atoms with van der Waals surface area (Å²) >= 11 is 0. The van der Waals surface area contributed by atoms with Crippen LogP contribution in [-0.2, 0) is 4.79 Å². The molecular formula is C10H17F3O. The molecule has 0 aliphatic heterocycles. The molecule has 0 heterocycles. The lowest BCUT2D eigenvalue weighted by molar-refractivity contribution is -0.153. The predicted octanol–water partition coefficient (Wildman–Crippen LogP) is 3.58. The van der Waals surface area contributed by atoms with Gasteiger partial charge in [0.15, 0.2) is 0 Å². The van der Waals surface area contributed by atoms with E-state index < -0.39 is 18.4 Å². The normalized spacial score (nSPS) is 15.4. The fourth-order valence-electron chi connectivity index (χ4n) is 0.943. The van der Waals surface area contributed by atoms with Crippen molar-refractivity contribution in [2.45, 2.75) is 46.7 Å². The van der Waals surface area contributed by atoms with Crippen molar-refractivity contribution in [3.05, 3.63) is 0 Å². The maximum absolute atomic E-state index is 11.8. The van der Waals surface area contributed by atoms with Gasteiger partial charge in [-0.3, -0.25) is 4.79 Å². The van der Waals surface area contributed by atoms with Crippen LogP contribution >= 0.6 is 0 Å². The zero-order valence-corrected chi connectivity index (χ0v) is 9.03. The largest absolute Gasteiger partial charge is 0.395 e. The molecule has 0 spiro atoms. The van der Waals surface area contributed by atoms with Crippen LogP contribution < -0.4 is 0 Å². The number of Topliss-reactive ketones (excluding diaryl/α,β-unsaturated/α-hetero) is 1. The zero-order chi connectivity index (χ0) is 11.6. The molecule has 0 radical (unpaired) electrons. The molecule has 0 N–H and O–H groups in total. The summed E-state index contributed by atoms with van der Waals surface area (Å²) in [5, 5.41) is 0. The molecule has 0 amide bonds. The van der Waals surface area contributed by atoms with Crippen LogP contribution in [0.3, 0.4) is 0 Å². The van der Waals surface area contributed by atoms with Crippen LogP contribution in [0.2, 0.25) is 0 Å². The summed E-state index contributed by atoms with van der Waals surface area (Å²) in [5.41, 5.74) is -0.124. The van der Waals surface area contributed by atoms with Gasteiger partial charge in [0.25, 0.3) is 0 Å². The van der Waals surface area contributed by atoms with E-state index in [9.17, 15) is 18.0 Å². The summed E-state index contributed by atoms with van der Waals surface area (Å²) in [7, 11) is 0. The van der Waals surface area contributed by atoms with Crippen molar-refractivity contribution in [2.24, 2.45) is 11.3 Å². The molecule has 0 aromatic carbocycles. The number of rotatable bonds is 3. The fraction of sp³-hybridized carbons (Fsp3) is 0.900. The van der Waals surface area contributed by atoms with Crippen LogP contribution in [0.1, 0.15) is 40.5 Å². The van der Waals surface area contributed by atoms with Crippen LogP contribution in [0.5, 0.6) is 0 Å². The first kappa shape index (κ1) is 13.5. The molecule has 1 unspecified atom stereocenters. The Kier molecular flexibility index (Phi) is 4.15. The second kappa shape index (κ2) is 4.32. The van der Waals surface area contributed by atoms with Gasteiger partial charge in [-0.25, -0.2) is 0 Å². The van der Waals surface area contributed by atoms with Gasteiger partial charge in [-0.15, -0.1) is 0 Å². The molecule has 14 heavy (non-hydrogen) atoms. The molecule has 0 aromatic heterocycles. The third kappa shape index (κ3) is 6.00. The summed E-state index contributed by atoms with van der Waals surface area (Å²) in [5.74, 6) is -0.753. The van der Waals surface area contributed by atoms with E-state index in [0.717, 1.165) is 0 Å². The van der Waals surface area contributed by atoms with E-state index in [4.69, 9.17) is 0 Å². The van der Waals surface area contributed by atoms with Gasteiger partial charge < -0.3 is 0 Å². The van der Waals surface area contributed by atoms with Crippen molar-refractivity contribution in [1.82, 2.24) is 0 Å². The minimum absolute atomic E-state index is 0.00299. The van der Waals surface area contributed by atoms with E-state index in [1.165, 1.54) is 0 Å². The molecule has 0 aromatic rings. The quantitative estimate of drug-likeness (QED) is 0.695. The molecule has 0 aliphatic rings. The molecule has 0 aliphatic carbocycles. The van der Waals surface area contributed by atoms with Crippen molar-refractivity contribution >= 4 is 5.78 Å². The summed E-state index contributed by atoms with van der Waals surface area (Å²) in [6, 6.07) is 0. The number of hydrogen-bond donors (Lipinski definition) is 0. The van der Waals surface area contributed by atoms with E-state index in [-0.39, 0.29) is 17.8 Å². The molecule has 0 saturated heterocycles. The van der Waals surface area contributed by atoms with E-state index in [1.54, 1.807) is 6.92 Å². The zero-order valence-electron chi connectivity index (χ0n) is 9.03. The van der Waals surface area contributed by atoms with Crippen LogP contribution in [0.25, 0.3) is 0 Å². The Bertz CT molecular complexity index is 200. The topological polar surface area (TPSA) is 17.1 Å². The minimum atomic E-state index is -4.37. The van der Waals surface area contributed by atoms with Gasteiger partial charge in [0.05, 0.1) is 0 Å². The van der Waals surface area contributed by atoms with Crippen LogP contribution in [0.15, 0.2) is 0 Å². The van der Waals surface area contributed by atoms with Gasteiger partial charge in [-0.05, 0) is 11.3 Å². The average molecular weight is 210 g/mol. The van der Waals surface area contributed by atoms with Crippen molar-refractivity contribution in [3.63, 3.8) is 0 Å². The number of alkyl halides is 3. The van der Waals surface area contributed by atoms with E-state index >= 15 is 0 Å². The Labute approximate surface area is 82.7 Å². The standard InChI is InChI=1S/C10H17F3O/c1-7(9(2,3)4)5-8(14)6-10(11,12)13/h7H,5-6H2,1-4H3. The van der Waals surface area contributed by atoms with Gasteiger partial charge in [0.2, 0.25) is 0 Å².